The normalized spacial score (nSPS) is 11.3. The standard InChI is InChI=1S/C22H16F4O2/c1-14(27)16-8-6-15(7-9-16)13-28-17-10-11-18(20(12-17)22(24,25)26)19-4-2-3-5-21(19)23/h2-12H,13H2,1H3. The minimum atomic E-state index is -4.67. The van der Waals surface area contributed by atoms with Gasteiger partial charge in [-0.3, -0.25) is 4.79 Å². The third-order valence-electron chi connectivity index (χ3n) is 4.23. The van der Waals surface area contributed by atoms with Crippen LogP contribution in [0, 0.1) is 5.82 Å². The Bertz CT molecular complexity index is 992. The lowest BCUT2D eigenvalue weighted by molar-refractivity contribution is -0.137. The molecule has 0 amide bonds. The topological polar surface area (TPSA) is 26.3 Å². The quantitative estimate of drug-likeness (QED) is 0.379. The van der Waals surface area contributed by atoms with Crippen molar-refractivity contribution in [2.45, 2.75) is 19.7 Å². The van der Waals surface area contributed by atoms with Crippen molar-refractivity contribution in [3.63, 3.8) is 0 Å². The molecular weight excluding hydrogens is 372 g/mol. The third kappa shape index (κ3) is 4.39. The van der Waals surface area contributed by atoms with Crippen LogP contribution in [-0.2, 0) is 12.8 Å². The molecule has 0 saturated carbocycles. The number of alkyl halides is 3. The second kappa shape index (κ2) is 7.84. The van der Waals surface area contributed by atoms with E-state index in [9.17, 15) is 22.4 Å². The predicted octanol–water partition coefficient (Wildman–Crippen LogP) is 6.29. The summed E-state index contributed by atoms with van der Waals surface area (Å²) in [6.45, 7) is 1.48. The van der Waals surface area contributed by atoms with Gasteiger partial charge in [-0.05, 0) is 42.3 Å². The first-order valence-corrected chi connectivity index (χ1v) is 8.44. The molecule has 28 heavy (non-hydrogen) atoms. The van der Waals surface area contributed by atoms with Gasteiger partial charge >= 0.3 is 6.18 Å². The molecule has 0 spiro atoms. The maximum atomic E-state index is 14.0. The Morgan fingerprint density at radius 1 is 0.929 bits per heavy atom. The lowest BCUT2D eigenvalue weighted by Gasteiger charge is -2.16. The van der Waals surface area contributed by atoms with Gasteiger partial charge in [-0.2, -0.15) is 13.2 Å². The van der Waals surface area contributed by atoms with Crippen molar-refractivity contribution in [2.24, 2.45) is 0 Å². The molecule has 0 atom stereocenters. The molecule has 144 valence electrons. The zero-order valence-electron chi connectivity index (χ0n) is 14.9. The monoisotopic (exact) mass is 388 g/mol. The Balaban J connectivity index is 1.87. The Morgan fingerprint density at radius 3 is 2.21 bits per heavy atom. The first-order chi connectivity index (χ1) is 13.3. The highest BCUT2D eigenvalue weighted by Crippen LogP contribution is 2.40. The average molecular weight is 388 g/mol. The van der Waals surface area contributed by atoms with E-state index >= 15 is 0 Å². The van der Waals surface area contributed by atoms with E-state index in [1.165, 1.54) is 37.3 Å². The highest BCUT2D eigenvalue weighted by atomic mass is 19.4. The molecule has 0 aliphatic rings. The molecule has 0 aliphatic carbocycles. The average Bonchev–Trinajstić information content (AvgIpc) is 2.66. The molecule has 0 aliphatic heterocycles. The van der Waals surface area contributed by atoms with Crippen molar-refractivity contribution in [2.75, 3.05) is 0 Å². The molecule has 3 rings (SSSR count). The van der Waals surface area contributed by atoms with Gasteiger partial charge in [-0.25, -0.2) is 4.39 Å². The summed E-state index contributed by atoms with van der Waals surface area (Å²) in [5.41, 5.74) is -0.0962. The zero-order valence-corrected chi connectivity index (χ0v) is 14.9. The van der Waals surface area contributed by atoms with Crippen molar-refractivity contribution in [1.29, 1.82) is 0 Å². The third-order valence-corrected chi connectivity index (χ3v) is 4.23. The van der Waals surface area contributed by atoms with Crippen LogP contribution in [0.5, 0.6) is 5.75 Å². The summed E-state index contributed by atoms with van der Waals surface area (Å²) in [6, 6.07) is 15.4. The summed E-state index contributed by atoms with van der Waals surface area (Å²) in [7, 11) is 0. The van der Waals surface area contributed by atoms with Crippen LogP contribution in [0.1, 0.15) is 28.4 Å². The van der Waals surface area contributed by atoms with Crippen LogP contribution in [0.2, 0.25) is 0 Å². The van der Waals surface area contributed by atoms with Gasteiger partial charge < -0.3 is 4.74 Å². The van der Waals surface area contributed by atoms with Crippen LogP contribution in [-0.4, -0.2) is 5.78 Å². The number of halogens is 4. The first kappa shape index (κ1) is 19.6. The van der Waals surface area contributed by atoms with Gasteiger partial charge in [0.15, 0.2) is 5.78 Å². The van der Waals surface area contributed by atoms with E-state index in [-0.39, 0.29) is 29.3 Å². The van der Waals surface area contributed by atoms with Gasteiger partial charge in [0, 0.05) is 11.1 Å². The number of benzene rings is 3. The van der Waals surface area contributed by atoms with Crippen molar-refractivity contribution in [3.05, 3.63) is 89.2 Å². The smallest absolute Gasteiger partial charge is 0.417 e. The zero-order chi connectivity index (χ0) is 20.3. The molecule has 0 fully saturated rings. The van der Waals surface area contributed by atoms with Crippen LogP contribution in [0.3, 0.4) is 0 Å². The molecule has 0 saturated heterocycles. The van der Waals surface area contributed by atoms with Gasteiger partial charge in [0.1, 0.15) is 18.2 Å². The predicted molar refractivity (Wildman–Crippen MR) is 97.6 cm³/mol. The van der Waals surface area contributed by atoms with E-state index in [0.717, 1.165) is 12.1 Å². The highest BCUT2D eigenvalue weighted by molar-refractivity contribution is 5.94. The number of Topliss-reactive ketones (excluding diaryl/α,β-unsaturated/α-hetero) is 1. The Hall–Kier alpha value is -3.15. The van der Waals surface area contributed by atoms with E-state index in [4.69, 9.17) is 4.74 Å². The summed E-state index contributed by atoms with van der Waals surface area (Å²) in [4.78, 5) is 11.3. The fraction of sp³-hybridized carbons (Fsp3) is 0.136. The summed E-state index contributed by atoms with van der Waals surface area (Å²) in [6.07, 6.45) is -4.67. The second-order valence-corrected chi connectivity index (χ2v) is 6.23. The van der Waals surface area contributed by atoms with E-state index in [1.807, 2.05) is 0 Å². The van der Waals surface area contributed by atoms with Gasteiger partial charge in [-0.15, -0.1) is 0 Å². The number of rotatable bonds is 5. The fourth-order valence-electron chi connectivity index (χ4n) is 2.76. The number of ether oxygens (including phenoxy) is 1. The molecule has 0 unspecified atom stereocenters. The maximum absolute atomic E-state index is 14.0. The summed E-state index contributed by atoms with van der Waals surface area (Å²) >= 11 is 0. The SMILES string of the molecule is CC(=O)c1ccc(COc2ccc(-c3ccccc3F)c(C(F)(F)F)c2)cc1. The molecule has 6 heteroatoms. The van der Waals surface area contributed by atoms with E-state index in [2.05, 4.69) is 0 Å². The minimum Gasteiger partial charge on any atom is -0.489 e. The Morgan fingerprint density at radius 2 is 1.61 bits per heavy atom. The van der Waals surface area contributed by atoms with Crippen molar-refractivity contribution < 1.29 is 27.1 Å². The van der Waals surface area contributed by atoms with E-state index < -0.39 is 17.6 Å². The first-order valence-electron chi connectivity index (χ1n) is 8.44. The molecule has 2 nitrogen and oxygen atoms in total. The van der Waals surface area contributed by atoms with Crippen molar-refractivity contribution in [1.82, 2.24) is 0 Å². The van der Waals surface area contributed by atoms with Gasteiger partial charge in [0.05, 0.1) is 5.56 Å². The highest BCUT2D eigenvalue weighted by Gasteiger charge is 2.34. The number of hydrogen-bond donors (Lipinski definition) is 0. The van der Waals surface area contributed by atoms with Crippen LogP contribution >= 0.6 is 0 Å². The van der Waals surface area contributed by atoms with E-state index in [1.54, 1.807) is 24.3 Å². The number of hydrogen-bond acceptors (Lipinski definition) is 2. The second-order valence-electron chi connectivity index (χ2n) is 6.23. The maximum Gasteiger partial charge on any atom is 0.417 e. The summed E-state index contributed by atoms with van der Waals surface area (Å²) in [5.74, 6) is -0.790. The molecule has 0 radical (unpaired) electrons. The van der Waals surface area contributed by atoms with Crippen molar-refractivity contribution in [3.8, 4) is 16.9 Å². The summed E-state index contributed by atoms with van der Waals surface area (Å²) in [5, 5.41) is 0. The number of carbonyl (C=O) groups is 1. The molecule has 0 aromatic heterocycles. The Kier molecular flexibility index (Phi) is 5.49. The molecule has 3 aromatic rings. The van der Waals surface area contributed by atoms with Gasteiger partial charge in [0.2, 0.25) is 0 Å². The van der Waals surface area contributed by atoms with Crippen molar-refractivity contribution >= 4 is 5.78 Å². The molecule has 0 bridgehead atoms. The van der Waals surface area contributed by atoms with Crippen LogP contribution in [0.4, 0.5) is 17.6 Å². The molecular formula is C22H16F4O2. The fourth-order valence-corrected chi connectivity index (χ4v) is 2.76. The van der Waals surface area contributed by atoms with Crippen LogP contribution in [0.15, 0.2) is 66.7 Å². The molecule has 0 N–H and O–H groups in total. The molecule has 3 aromatic carbocycles. The lowest BCUT2D eigenvalue weighted by atomic mass is 9.98. The number of carbonyl (C=O) groups excluding carboxylic acids is 1. The van der Waals surface area contributed by atoms with Gasteiger partial charge in [0.25, 0.3) is 0 Å². The summed E-state index contributed by atoms with van der Waals surface area (Å²) < 4.78 is 60.0. The van der Waals surface area contributed by atoms with Gasteiger partial charge in [-0.1, -0.05) is 42.5 Å². The van der Waals surface area contributed by atoms with E-state index in [0.29, 0.717) is 11.1 Å². The number of ketones is 1. The van der Waals surface area contributed by atoms with Crippen LogP contribution < -0.4 is 4.74 Å². The lowest BCUT2D eigenvalue weighted by Crippen LogP contribution is -2.08. The van der Waals surface area contributed by atoms with Crippen LogP contribution in [0.25, 0.3) is 11.1 Å². The Labute approximate surface area is 159 Å². The molecule has 0 heterocycles. The largest absolute Gasteiger partial charge is 0.489 e. The minimum absolute atomic E-state index is 0.0167.